The van der Waals surface area contributed by atoms with Crippen LogP contribution in [0.2, 0.25) is 0 Å². The molecule has 40 heavy (non-hydrogen) atoms. The van der Waals surface area contributed by atoms with Crippen LogP contribution in [0.1, 0.15) is 49.9 Å². The fourth-order valence-electron chi connectivity index (χ4n) is 5.12. The molecule has 0 bridgehead atoms. The summed E-state index contributed by atoms with van der Waals surface area (Å²) < 4.78 is 20.2. The highest BCUT2D eigenvalue weighted by Crippen LogP contribution is 2.37. The summed E-state index contributed by atoms with van der Waals surface area (Å²) in [5, 5.41) is 2.76. The lowest BCUT2D eigenvalue weighted by Gasteiger charge is -2.25. The van der Waals surface area contributed by atoms with Crippen LogP contribution in [0.3, 0.4) is 0 Å². The molecular weight excluding hydrogens is 508 g/mol. The largest absolute Gasteiger partial charge is 0.493 e. The second-order valence-corrected chi connectivity index (χ2v) is 11.1. The summed E-state index contributed by atoms with van der Waals surface area (Å²) in [5.41, 5.74) is 6.50. The molecule has 0 radical (unpaired) electrons. The Bertz CT molecular complexity index is 1540. The Morgan fingerprint density at radius 3 is 2.38 bits per heavy atom. The van der Waals surface area contributed by atoms with Crippen molar-refractivity contribution >= 4 is 11.8 Å². The van der Waals surface area contributed by atoms with Crippen molar-refractivity contribution in [3.8, 4) is 22.8 Å². The first-order valence-electron chi connectivity index (χ1n) is 13.7. The van der Waals surface area contributed by atoms with Crippen LogP contribution in [0.5, 0.6) is 11.5 Å². The minimum Gasteiger partial charge on any atom is -0.493 e. The van der Waals surface area contributed by atoms with Gasteiger partial charge >= 0.3 is 11.8 Å². The van der Waals surface area contributed by atoms with Gasteiger partial charge in [-0.1, -0.05) is 17.7 Å². The lowest BCUT2D eigenvalue weighted by atomic mass is 9.97. The molecule has 0 saturated heterocycles. The van der Waals surface area contributed by atoms with Crippen LogP contribution >= 0.6 is 0 Å². The van der Waals surface area contributed by atoms with Crippen molar-refractivity contribution in [2.75, 3.05) is 20.3 Å². The van der Waals surface area contributed by atoms with Crippen molar-refractivity contribution in [1.29, 1.82) is 0 Å². The smallest absolute Gasteiger partial charge is 0.407 e. The average molecular weight is 549 g/mol. The Hall–Kier alpha value is -4.01. The van der Waals surface area contributed by atoms with E-state index in [1.807, 2.05) is 59.7 Å². The molecule has 1 aromatic heterocycles. The molecule has 1 N–H and O–H groups in total. The molecule has 0 aliphatic carbocycles. The maximum Gasteiger partial charge on any atom is 0.407 e. The van der Waals surface area contributed by atoms with E-state index in [0.717, 1.165) is 39.2 Å². The van der Waals surface area contributed by atoms with Gasteiger partial charge in [0.2, 0.25) is 0 Å². The highest BCUT2D eigenvalue weighted by atomic mass is 16.6. The van der Waals surface area contributed by atoms with E-state index in [1.165, 1.54) is 0 Å². The number of aromatic nitrogens is 2. The second-order valence-electron chi connectivity index (χ2n) is 11.1. The molecule has 0 fully saturated rings. The van der Waals surface area contributed by atoms with E-state index >= 15 is 0 Å². The van der Waals surface area contributed by atoms with E-state index in [1.54, 1.807) is 16.2 Å². The zero-order valence-electron chi connectivity index (χ0n) is 24.8. The number of carbonyl (C=O) groups is 1. The summed E-state index contributed by atoms with van der Waals surface area (Å²) in [6, 6.07) is 10.1. The molecule has 3 aromatic rings. The van der Waals surface area contributed by atoms with E-state index < -0.39 is 11.7 Å². The number of carbonyl (C=O) groups excluding carboxylic acids is 1. The molecule has 0 unspecified atom stereocenters. The van der Waals surface area contributed by atoms with Crippen molar-refractivity contribution in [2.45, 2.75) is 73.6 Å². The van der Waals surface area contributed by atoms with Crippen LogP contribution < -0.4 is 26.0 Å². The lowest BCUT2D eigenvalue weighted by molar-refractivity contribution is 0.0525. The fourth-order valence-corrected chi connectivity index (χ4v) is 5.12. The van der Waals surface area contributed by atoms with E-state index in [-0.39, 0.29) is 18.8 Å². The van der Waals surface area contributed by atoms with Gasteiger partial charge < -0.3 is 19.5 Å². The molecule has 4 rings (SSSR count). The van der Waals surface area contributed by atoms with Crippen LogP contribution in [-0.4, -0.2) is 41.1 Å². The molecule has 1 aliphatic rings. The van der Waals surface area contributed by atoms with Crippen LogP contribution in [0.4, 0.5) is 10.5 Å². The summed E-state index contributed by atoms with van der Waals surface area (Å²) in [5.74, 6) is 1.30. The average Bonchev–Trinajstić information content (AvgIpc) is 2.86. The number of alkyl carbamates (subject to hydrolysis) is 1. The predicted molar refractivity (Wildman–Crippen MR) is 156 cm³/mol. The molecule has 0 spiro atoms. The SMILES string of the molecule is CCOc1cc2c(cc1OC)-c1cc(=Nc3c(C)cc(C)cc3C)n(CCNC(=O)OC(C)(C)C)c(=O)n1CC2. The molecule has 0 saturated carbocycles. The number of methoxy groups -OCH3 is 1. The number of fused-ring (bicyclic) bond motifs is 3. The van der Waals surface area contributed by atoms with Crippen molar-refractivity contribution in [3.63, 3.8) is 0 Å². The third kappa shape index (κ3) is 6.24. The first kappa shape index (κ1) is 29.0. The quantitative estimate of drug-likeness (QED) is 0.450. The zero-order chi connectivity index (χ0) is 29.2. The molecule has 9 heteroatoms. The number of hydrogen-bond acceptors (Lipinski definition) is 6. The number of amides is 1. The Morgan fingerprint density at radius 2 is 1.75 bits per heavy atom. The summed E-state index contributed by atoms with van der Waals surface area (Å²) in [6.45, 7) is 15.0. The van der Waals surface area contributed by atoms with E-state index in [4.69, 9.17) is 19.2 Å². The van der Waals surface area contributed by atoms with Gasteiger partial charge in [0.25, 0.3) is 0 Å². The van der Waals surface area contributed by atoms with Crippen LogP contribution in [-0.2, 0) is 24.2 Å². The topological polar surface area (TPSA) is 96.1 Å². The van der Waals surface area contributed by atoms with Gasteiger partial charge in [0, 0.05) is 31.3 Å². The Balaban J connectivity index is 1.86. The van der Waals surface area contributed by atoms with Gasteiger partial charge in [-0.15, -0.1) is 0 Å². The maximum atomic E-state index is 14.0. The highest BCUT2D eigenvalue weighted by Gasteiger charge is 2.23. The molecule has 2 aromatic carbocycles. The standard InChI is InChI=1S/C31H40N4O5/c1-9-39-26-16-22-10-12-34-24(23(22)17-25(26)38-8)18-27(33-28-20(3)14-19(2)15-21(28)4)35(30(34)37)13-11-32-29(36)40-31(5,6)7/h14-18H,9-13H2,1-8H3,(H,32,36). The summed E-state index contributed by atoms with van der Waals surface area (Å²) >= 11 is 0. The molecule has 9 nitrogen and oxygen atoms in total. The van der Waals surface area contributed by atoms with Gasteiger partial charge in [-0.05, 0) is 83.7 Å². The number of nitrogens with zero attached hydrogens (tertiary/aromatic N) is 3. The molecule has 214 valence electrons. The van der Waals surface area contributed by atoms with Crippen LogP contribution in [0.15, 0.2) is 40.1 Å². The molecular formula is C31H40N4O5. The maximum absolute atomic E-state index is 14.0. The van der Waals surface area contributed by atoms with Gasteiger partial charge in [0.15, 0.2) is 11.5 Å². The first-order chi connectivity index (χ1) is 18.9. The third-order valence-electron chi connectivity index (χ3n) is 6.73. The Morgan fingerprint density at radius 1 is 1.05 bits per heavy atom. The number of aryl methyl sites for hydroxylation is 4. The van der Waals surface area contributed by atoms with Gasteiger partial charge in [0.1, 0.15) is 11.1 Å². The lowest BCUT2D eigenvalue weighted by Crippen LogP contribution is -2.44. The van der Waals surface area contributed by atoms with Crippen molar-refractivity contribution in [3.05, 3.63) is 68.6 Å². The number of nitrogens with one attached hydrogen (secondary N) is 1. The molecule has 2 heterocycles. The summed E-state index contributed by atoms with van der Waals surface area (Å²) in [7, 11) is 1.61. The predicted octanol–water partition coefficient (Wildman–Crippen LogP) is 4.96. The van der Waals surface area contributed by atoms with Gasteiger partial charge in [-0.3, -0.25) is 9.13 Å². The molecule has 1 amide bonds. The van der Waals surface area contributed by atoms with Gasteiger partial charge in [0.05, 0.1) is 25.1 Å². The Kier molecular flexibility index (Phi) is 8.42. The first-order valence-corrected chi connectivity index (χ1v) is 13.7. The monoisotopic (exact) mass is 548 g/mol. The second kappa shape index (κ2) is 11.6. The van der Waals surface area contributed by atoms with Crippen molar-refractivity contribution in [2.24, 2.45) is 4.99 Å². The highest BCUT2D eigenvalue weighted by molar-refractivity contribution is 5.70. The fraction of sp³-hybridized carbons (Fsp3) is 0.452. The Labute approximate surface area is 235 Å². The van der Waals surface area contributed by atoms with Gasteiger partial charge in [-0.25, -0.2) is 14.6 Å². The van der Waals surface area contributed by atoms with Crippen molar-refractivity contribution in [1.82, 2.24) is 14.5 Å². The number of hydrogen-bond donors (Lipinski definition) is 1. The van der Waals surface area contributed by atoms with E-state index in [0.29, 0.717) is 36.6 Å². The third-order valence-corrected chi connectivity index (χ3v) is 6.73. The van der Waals surface area contributed by atoms with E-state index in [9.17, 15) is 9.59 Å². The summed E-state index contributed by atoms with van der Waals surface area (Å²) in [6.07, 6.45) is 0.149. The number of rotatable bonds is 7. The van der Waals surface area contributed by atoms with Crippen LogP contribution in [0.25, 0.3) is 11.3 Å². The van der Waals surface area contributed by atoms with Crippen LogP contribution in [0, 0.1) is 20.8 Å². The minimum atomic E-state index is -0.611. The van der Waals surface area contributed by atoms with Gasteiger partial charge in [-0.2, -0.15) is 0 Å². The normalized spacial score (nSPS) is 12.9. The van der Waals surface area contributed by atoms with Crippen molar-refractivity contribution < 1.29 is 19.0 Å². The zero-order valence-corrected chi connectivity index (χ0v) is 24.8. The minimum absolute atomic E-state index is 0.192. The van der Waals surface area contributed by atoms with E-state index in [2.05, 4.69) is 24.4 Å². The number of benzene rings is 2. The number of ether oxygens (including phenoxy) is 3. The molecule has 0 atom stereocenters. The summed E-state index contributed by atoms with van der Waals surface area (Å²) in [4.78, 5) is 31.2. The molecule has 1 aliphatic heterocycles.